The number of fused-ring (bicyclic) bond motifs is 5. The largest absolute Gasteiger partial charge is 0.399 e. The van der Waals surface area contributed by atoms with E-state index in [1.54, 1.807) is 0 Å². The Morgan fingerprint density at radius 2 is 1.67 bits per heavy atom. The van der Waals surface area contributed by atoms with E-state index in [0.717, 1.165) is 42.4 Å². The Morgan fingerprint density at radius 1 is 0.949 bits per heavy atom. The molecule has 5 heteroatoms. The normalized spacial score (nSPS) is 37.1. The fraction of sp³-hybridized carbons (Fsp3) is 0.765. The Hall–Kier alpha value is -1.62. The molecule has 4 aliphatic carbocycles. The van der Waals surface area contributed by atoms with Crippen LogP contribution in [0.5, 0.6) is 0 Å². The second-order valence-electron chi connectivity index (χ2n) is 14.7. The van der Waals surface area contributed by atoms with Crippen LogP contribution in [-0.2, 0) is 10.8 Å². The first kappa shape index (κ1) is 28.9. The van der Waals surface area contributed by atoms with Gasteiger partial charge in [-0.1, -0.05) is 65.5 Å². The Morgan fingerprint density at radius 3 is 2.36 bits per heavy atom. The summed E-state index contributed by atoms with van der Waals surface area (Å²) < 4.78 is 35.8. The molecule has 0 heterocycles. The minimum Gasteiger partial charge on any atom is -0.399 e. The minimum absolute atomic E-state index is 0.113. The number of halogens is 2. The maximum Gasteiger partial charge on any atom is 0.383 e. The van der Waals surface area contributed by atoms with Gasteiger partial charge in [-0.25, -0.2) is 0 Å². The summed E-state index contributed by atoms with van der Waals surface area (Å²) in [6.45, 7) is 12.3. The van der Waals surface area contributed by atoms with Crippen LogP contribution < -0.4 is 11.5 Å². The van der Waals surface area contributed by atoms with Crippen molar-refractivity contribution in [2.24, 2.45) is 46.3 Å². The first-order valence-corrected chi connectivity index (χ1v) is 15.7. The number of allylic oxidation sites excluding steroid dienone is 1. The highest BCUT2D eigenvalue weighted by atomic mass is 19.3. The number of nitrogen functional groups attached to an aromatic ring is 2. The number of alkyl halides is 2. The molecule has 8 atom stereocenters. The number of nitrogens with two attached hydrogens (primary N) is 2. The zero-order valence-electron chi connectivity index (χ0n) is 24.9. The Labute approximate surface area is 235 Å². The fourth-order valence-corrected chi connectivity index (χ4v) is 9.87. The molecule has 0 spiro atoms. The number of rotatable bonds is 8. The molecular formula is C34H52F2N2O. The predicted octanol–water partition coefficient (Wildman–Crippen LogP) is 9.33. The molecule has 3 nitrogen and oxygen atoms in total. The van der Waals surface area contributed by atoms with Gasteiger partial charge in [0.1, 0.15) is 0 Å². The van der Waals surface area contributed by atoms with Gasteiger partial charge < -0.3 is 16.2 Å². The predicted molar refractivity (Wildman–Crippen MR) is 157 cm³/mol. The molecule has 1 aromatic carbocycles. The molecule has 4 aliphatic rings. The van der Waals surface area contributed by atoms with Crippen LogP contribution in [0.2, 0.25) is 0 Å². The van der Waals surface area contributed by atoms with Crippen LogP contribution in [0.15, 0.2) is 29.8 Å². The van der Waals surface area contributed by atoms with E-state index in [2.05, 4.69) is 40.7 Å². The number of hydrogen-bond donors (Lipinski definition) is 2. The molecule has 0 aliphatic heterocycles. The maximum absolute atomic E-state index is 15.1. The van der Waals surface area contributed by atoms with Crippen LogP contribution in [0.1, 0.15) is 111 Å². The second-order valence-corrected chi connectivity index (χ2v) is 14.7. The molecule has 1 aromatic rings. The zero-order valence-corrected chi connectivity index (χ0v) is 24.9. The van der Waals surface area contributed by atoms with E-state index in [9.17, 15) is 0 Å². The Balaban J connectivity index is 1.27. The summed E-state index contributed by atoms with van der Waals surface area (Å²) in [6.07, 6.45) is 11.3. The van der Waals surface area contributed by atoms with Crippen LogP contribution in [0.4, 0.5) is 20.2 Å². The van der Waals surface area contributed by atoms with Crippen LogP contribution in [-0.4, -0.2) is 6.10 Å². The van der Waals surface area contributed by atoms with Crippen LogP contribution >= 0.6 is 0 Å². The van der Waals surface area contributed by atoms with E-state index in [1.165, 1.54) is 68.7 Å². The number of hydrogen-bond acceptors (Lipinski definition) is 3. The summed E-state index contributed by atoms with van der Waals surface area (Å²) in [6, 6.07) is 4.03. The summed E-state index contributed by atoms with van der Waals surface area (Å²) in [5.74, 6) is 4.66. The lowest BCUT2D eigenvalue weighted by molar-refractivity contribution is -0.277. The lowest BCUT2D eigenvalue weighted by Gasteiger charge is -2.58. The standard InChI is InChI=1S/C34H52F2N2O/c1-21(2)7-6-8-22(3)29-11-12-30-28-10-9-23-19-27(13-15-32(23,4)31(28)14-16-33(29,30)5)39-34(35,36)24-17-25(37)20-26(38)18-24/h9,17-18,20-22,27-31H,6-8,10-16,19,37-38H2,1-5H3/t22-,27?,28?,29-,30?,31?,32+,33-/m1/s1. The molecule has 4 N–H and O–H groups in total. The van der Waals surface area contributed by atoms with Crippen molar-refractivity contribution in [1.82, 2.24) is 0 Å². The smallest absolute Gasteiger partial charge is 0.383 e. The minimum atomic E-state index is -3.41. The van der Waals surface area contributed by atoms with E-state index in [4.69, 9.17) is 16.2 Å². The monoisotopic (exact) mass is 542 g/mol. The lowest BCUT2D eigenvalue weighted by atomic mass is 9.47. The van der Waals surface area contributed by atoms with Gasteiger partial charge in [0.05, 0.1) is 11.7 Å². The van der Waals surface area contributed by atoms with Crippen molar-refractivity contribution >= 4 is 11.4 Å². The highest BCUT2D eigenvalue weighted by Gasteiger charge is 2.59. The average Bonchev–Trinajstić information content (AvgIpc) is 3.20. The van der Waals surface area contributed by atoms with Crippen molar-refractivity contribution in [3.8, 4) is 0 Å². The van der Waals surface area contributed by atoms with E-state index >= 15 is 8.78 Å². The van der Waals surface area contributed by atoms with Crippen molar-refractivity contribution in [3.05, 3.63) is 35.4 Å². The van der Waals surface area contributed by atoms with E-state index < -0.39 is 12.2 Å². The summed E-state index contributed by atoms with van der Waals surface area (Å²) in [5, 5.41) is 0. The third-order valence-corrected chi connectivity index (χ3v) is 11.9. The van der Waals surface area contributed by atoms with Crippen molar-refractivity contribution in [1.29, 1.82) is 0 Å². The van der Waals surface area contributed by atoms with Gasteiger partial charge in [-0.3, -0.25) is 0 Å². The quantitative estimate of drug-likeness (QED) is 0.254. The van der Waals surface area contributed by atoms with E-state index in [1.807, 2.05) is 0 Å². The van der Waals surface area contributed by atoms with Gasteiger partial charge in [0.25, 0.3) is 0 Å². The molecule has 0 amide bonds. The van der Waals surface area contributed by atoms with Gasteiger partial charge in [0.15, 0.2) is 0 Å². The molecule has 218 valence electrons. The maximum atomic E-state index is 15.1. The van der Waals surface area contributed by atoms with Crippen molar-refractivity contribution < 1.29 is 13.5 Å². The first-order valence-electron chi connectivity index (χ1n) is 15.7. The summed E-state index contributed by atoms with van der Waals surface area (Å²) in [4.78, 5) is 0. The lowest BCUT2D eigenvalue weighted by Crippen LogP contribution is -2.51. The van der Waals surface area contributed by atoms with Gasteiger partial charge in [-0.2, -0.15) is 8.78 Å². The van der Waals surface area contributed by atoms with Gasteiger partial charge >= 0.3 is 6.11 Å². The molecule has 3 fully saturated rings. The van der Waals surface area contributed by atoms with Crippen LogP contribution in [0.3, 0.4) is 0 Å². The van der Waals surface area contributed by atoms with Crippen LogP contribution in [0.25, 0.3) is 0 Å². The molecule has 5 rings (SSSR count). The van der Waals surface area contributed by atoms with E-state index in [0.29, 0.717) is 24.2 Å². The number of ether oxygens (including phenoxy) is 1. The molecule has 0 aromatic heterocycles. The molecule has 39 heavy (non-hydrogen) atoms. The third-order valence-electron chi connectivity index (χ3n) is 11.9. The van der Waals surface area contributed by atoms with Gasteiger partial charge in [0.2, 0.25) is 0 Å². The molecule has 0 saturated heterocycles. The third kappa shape index (κ3) is 5.38. The SMILES string of the molecule is CC(C)CCC[C@@H](C)[C@H]1CCC2C3CC=C4CC(OC(F)(F)c5cc(N)cc(N)c5)CC[C@]4(C)C3CC[C@@]21C. The van der Waals surface area contributed by atoms with Crippen molar-refractivity contribution in [2.75, 3.05) is 11.5 Å². The summed E-state index contributed by atoms with van der Waals surface area (Å²) in [7, 11) is 0. The average molecular weight is 543 g/mol. The molecule has 0 radical (unpaired) electrons. The zero-order chi connectivity index (χ0) is 28.2. The molecule has 0 bridgehead atoms. The van der Waals surface area contributed by atoms with E-state index in [-0.39, 0.29) is 22.4 Å². The summed E-state index contributed by atoms with van der Waals surface area (Å²) >= 11 is 0. The first-order chi connectivity index (χ1) is 18.3. The van der Waals surface area contributed by atoms with Gasteiger partial charge in [-0.15, -0.1) is 0 Å². The number of benzene rings is 1. The Bertz CT molecular complexity index is 1050. The number of anilines is 2. The highest BCUT2D eigenvalue weighted by molar-refractivity contribution is 5.55. The topological polar surface area (TPSA) is 61.3 Å². The molecule has 4 unspecified atom stereocenters. The molecular weight excluding hydrogens is 490 g/mol. The molecule has 3 saturated carbocycles. The Kier molecular flexibility index (Phi) is 7.89. The highest BCUT2D eigenvalue weighted by Crippen LogP contribution is 2.67. The van der Waals surface area contributed by atoms with Gasteiger partial charge in [0, 0.05) is 11.4 Å². The van der Waals surface area contributed by atoms with Crippen molar-refractivity contribution in [3.63, 3.8) is 0 Å². The van der Waals surface area contributed by atoms with Crippen LogP contribution in [0, 0.1) is 46.3 Å². The van der Waals surface area contributed by atoms with Crippen molar-refractivity contribution in [2.45, 2.75) is 117 Å². The fourth-order valence-electron chi connectivity index (χ4n) is 9.87. The van der Waals surface area contributed by atoms with Gasteiger partial charge in [-0.05, 0) is 116 Å². The second kappa shape index (κ2) is 10.7. The summed E-state index contributed by atoms with van der Waals surface area (Å²) in [5.41, 5.74) is 13.7.